The molecule has 4 rings (SSSR count). The van der Waals surface area contributed by atoms with Gasteiger partial charge in [0.05, 0.1) is 6.54 Å². The lowest BCUT2D eigenvalue weighted by atomic mass is 10.0. The molecule has 0 saturated carbocycles. The third kappa shape index (κ3) is 2.59. The summed E-state index contributed by atoms with van der Waals surface area (Å²) in [4.78, 5) is 2.43. The van der Waals surface area contributed by atoms with Crippen molar-refractivity contribution in [2.45, 2.75) is 13.5 Å². The van der Waals surface area contributed by atoms with Crippen LogP contribution in [0.5, 0.6) is 0 Å². The summed E-state index contributed by atoms with van der Waals surface area (Å²) in [5.74, 6) is 2.93. The van der Waals surface area contributed by atoms with Crippen LogP contribution in [0.25, 0.3) is 11.5 Å². The Kier molecular flexibility index (Phi) is 3.24. The van der Waals surface area contributed by atoms with E-state index in [-0.39, 0.29) is 0 Å². The SMILES string of the molecule is Cc1cccc(-c2nnc(CN3CC4CNCC4C3)o2)c1. The number of hydrogen-bond acceptors (Lipinski definition) is 5. The van der Waals surface area contributed by atoms with E-state index in [1.165, 1.54) is 5.56 Å². The fraction of sp³-hybridized carbons (Fsp3) is 0.500. The molecule has 5 heteroatoms. The highest BCUT2D eigenvalue weighted by Gasteiger charge is 2.36. The second-order valence-corrected chi connectivity index (χ2v) is 6.24. The lowest BCUT2D eigenvalue weighted by Crippen LogP contribution is -2.25. The average Bonchev–Trinajstić information content (AvgIpc) is 3.14. The molecule has 2 saturated heterocycles. The van der Waals surface area contributed by atoms with E-state index in [1.807, 2.05) is 12.1 Å². The van der Waals surface area contributed by atoms with Crippen LogP contribution in [-0.2, 0) is 6.54 Å². The zero-order valence-electron chi connectivity index (χ0n) is 12.2. The predicted molar refractivity (Wildman–Crippen MR) is 79.6 cm³/mol. The van der Waals surface area contributed by atoms with Crippen LogP contribution in [0, 0.1) is 18.8 Å². The first-order valence-corrected chi connectivity index (χ1v) is 7.60. The molecule has 0 bridgehead atoms. The number of benzene rings is 1. The Balaban J connectivity index is 1.45. The lowest BCUT2D eigenvalue weighted by Gasteiger charge is -2.13. The number of rotatable bonds is 3. The first-order valence-electron chi connectivity index (χ1n) is 7.60. The van der Waals surface area contributed by atoms with E-state index in [1.54, 1.807) is 0 Å². The van der Waals surface area contributed by atoms with Crippen molar-refractivity contribution in [3.05, 3.63) is 35.7 Å². The van der Waals surface area contributed by atoms with Crippen molar-refractivity contribution < 1.29 is 4.42 Å². The molecule has 2 aliphatic rings. The normalized spacial score (nSPS) is 25.4. The molecule has 2 aromatic rings. The van der Waals surface area contributed by atoms with Gasteiger partial charge in [0.15, 0.2) is 0 Å². The number of nitrogens with one attached hydrogen (secondary N) is 1. The summed E-state index contributed by atoms with van der Waals surface area (Å²) in [5, 5.41) is 11.9. The fourth-order valence-corrected chi connectivity index (χ4v) is 3.49. The van der Waals surface area contributed by atoms with Crippen LogP contribution in [0.3, 0.4) is 0 Å². The topological polar surface area (TPSA) is 54.2 Å². The van der Waals surface area contributed by atoms with Crippen molar-refractivity contribution >= 4 is 0 Å². The van der Waals surface area contributed by atoms with E-state index < -0.39 is 0 Å². The number of hydrogen-bond donors (Lipinski definition) is 1. The van der Waals surface area contributed by atoms with Gasteiger partial charge in [0.1, 0.15) is 0 Å². The average molecular weight is 284 g/mol. The summed E-state index contributed by atoms with van der Waals surface area (Å²) in [7, 11) is 0. The third-order valence-electron chi connectivity index (χ3n) is 4.56. The molecular weight excluding hydrogens is 264 g/mol. The van der Waals surface area contributed by atoms with E-state index in [0.717, 1.165) is 56.0 Å². The van der Waals surface area contributed by atoms with Gasteiger partial charge in [-0.05, 0) is 44.0 Å². The maximum Gasteiger partial charge on any atom is 0.247 e. The van der Waals surface area contributed by atoms with Crippen LogP contribution in [0.1, 0.15) is 11.5 Å². The van der Waals surface area contributed by atoms with Gasteiger partial charge in [0.25, 0.3) is 0 Å². The number of aryl methyl sites for hydroxylation is 1. The Morgan fingerprint density at radius 1 is 1.24 bits per heavy atom. The number of likely N-dealkylation sites (tertiary alicyclic amines) is 1. The summed E-state index contributed by atoms with van der Waals surface area (Å²) in [6.45, 7) is 7.42. The van der Waals surface area contributed by atoms with E-state index in [0.29, 0.717) is 5.89 Å². The quantitative estimate of drug-likeness (QED) is 0.929. The summed E-state index contributed by atoms with van der Waals surface area (Å²) in [5.41, 5.74) is 2.20. The molecule has 5 nitrogen and oxygen atoms in total. The van der Waals surface area contributed by atoms with Crippen LogP contribution < -0.4 is 5.32 Å². The van der Waals surface area contributed by atoms with Gasteiger partial charge < -0.3 is 9.73 Å². The second kappa shape index (κ2) is 5.24. The highest BCUT2D eigenvalue weighted by Crippen LogP contribution is 2.27. The van der Waals surface area contributed by atoms with Gasteiger partial charge in [-0.3, -0.25) is 4.90 Å². The molecule has 0 aliphatic carbocycles. The molecule has 110 valence electrons. The number of aromatic nitrogens is 2. The largest absolute Gasteiger partial charge is 0.419 e. The number of nitrogens with zero attached hydrogens (tertiary/aromatic N) is 3. The van der Waals surface area contributed by atoms with Gasteiger partial charge in [0.2, 0.25) is 11.8 Å². The first-order chi connectivity index (χ1) is 10.3. The maximum absolute atomic E-state index is 5.83. The zero-order valence-corrected chi connectivity index (χ0v) is 12.2. The second-order valence-electron chi connectivity index (χ2n) is 6.24. The minimum Gasteiger partial charge on any atom is -0.419 e. The molecule has 2 aliphatic heterocycles. The third-order valence-corrected chi connectivity index (χ3v) is 4.56. The molecule has 1 N–H and O–H groups in total. The molecule has 3 heterocycles. The molecule has 1 aromatic carbocycles. The molecule has 2 unspecified atom stereocenters. The summed E-state index contributed by atoms with van der Waals surface area (Å²) >= 11 is 0. The van der Waals surface area contributed by atoms with Gasteiger partial charge in [-0.1, -0.05) is 17.7 Å². The van der Waals surface area contributed by atoms with Gasteiger partial charge in [-0.25, -0.2) is 0 Å². The molecule has 2 atom stereocenters. The Morgan fingerprint density at radius 2 is 2.05 bits per heavy atom. The Labute approximate surface area is 124 Å². The summed E-state index contributed by atoms with van der Waals surface area (Å²) in [6, 6.07) is 8.17. The van der Waals surface area contributed by atoms with Crippen LogP contribution in [0.2, 0.25) is 0 Å². The van der Waals surface area contributed by atoms with Crippen LogP contribution in [0.15, 0.2) is 28.7 Å². The molecule has 1 aromatic heterocycles. The van der Waals surface area contributed by atoms with Crippen molar-refractivity contribution in [1.29, 1.82) is 0 Å². The minimum absolute atomic E-state index is 0.620. The fourth-order valence-electron chi connectivity index (χ4n) is 3.49. The van der Waals surface area contributed by atoms with Crippen molar-refractivity contribution in [2.75, 3.05) is 26.2 Å². The maximum atomic E-state index is 5.83. The predicted octanol–water partition coefficient (Wildman–Crippen LogP) is 1.70. The van der Waals surface area contributed by atoms with Crippen molar-refractivity contribution in [3.63, 3.8) is 0 Å². The molecule has 21 heavy (non-hydrogen) atoms. The Hall–Kier alpha value is -1.72. The Morgan fingerprint density at radius 3 is 2.81 bits per heavy atom. The van der Waals surface area contributed by atoms with Gasteiger partial charge in [-0.2, -0.15) is 0 Å². The highest BCUT2D eigenvalue weighted by molar-refractivity contribution is 5.53. The standard InChI is InChI=1S/C16H20N4O/c1-11-3-2-4-12(5-11)16-19-18-15(21-16)10-20-8-13-6-17-7-14(13)9-20/h2-5,13-14,17H,6-10H2,1H3. The van der Waals surface area contributed by atoms with Crippen molar-refractivity contribution in [2.24, 2.45) is 11.8 Å². The molecular formula is C16H20N4O. The first kappa shape index (κ1) is 13.0. The molecule has 0 radical (unpaired) electrons. The van der Waals surface area contributed by atoms with E-state index in [4.69, 9.17) is 4.42 Å². The van der Waals surface area contributed by atoms with E-state index in [2.05, 4.69) is 39.5 Å². The summed E-state index contributed by atoms with van der Waals surface area (Å²) < 4.78 is 5.83. The monoisotopic (exact) mass is 284 g/mol. The van der Waals surface area contributed by atoms with Crippen LogP contribution >= 0.6 is 0 Å². The smallest absolute Gasteiger partial charge is 0.247 e. The van der Waals surface area contributed by atoms with E-state index in [9.17, 15) is 0 Å². The molecule has 0 spiro atoms. The zero-order chi connectivity index (χ0) is 14.2. The minimum atomic E-state index is 0.620. The van der Waals surface area contributed by atoms with E-state index >= 15 is 0 Å². The van der Waals surface area contributed by atoms with Gasteiger partial charge >= 0.3 is 0 Å². The lowest BCUT2D eigenvalue weighted by molar-refractivity contribution is 0.273. The van der Waals surface area contributed by atoms with Crippen LogP contribution in [-0.4, -0.2) is 41.3 Å². The molecule has 2 fully saturated rings. The van der Waals surface area contributed by atoms with Gasteiger partial charge in [-0.15, -0.1) is 10.2 Å². The van der Waals surface area contributed by atoms with Crippen LogP contribution in [0.4, 0.5) is 0 Å². The molecule has 0 amide bonds. The summed E-state index contributed by atoms with van der Waals surface area (Å²) in [6.07, 6.45) is 0. The highest BCUT2D eigenvalue weighted by atomic mass is 16.4. The van der Waals surface area contributed by atoms with Gasteiger partial charge in [0, 0.05) is 18.7 Å². The Bertz CT molecular complexity index is 627. The van der Waals surface area contributed by atoms with Crippen molar-refractivity contribution in [1.82, 2.24) is 20.4 Å². The van der Waals surface area contributed by atoms with Crippen molar-refractivity contribution in [3.8, 4) is 11.5 Å². The number of fused-ring (bicyclic) bond motifs is 1.